The SMILES string of the molecule is O=C(Oc1cnc2ccccc2c1)c1cn(CC2CCCCC2)c2ccccc12. The maximum atomic E-state index is 13.0. The van der Waals surface area contributed by atoms with Crippen LogP contribution < -0.4 is 4.74 Å². The van der Waals surface area contributed by atoms with E-state index in [2.05, 4.69) is 15.6 Å². The first-order valence-corrected chi connectivity index (χ1v) is 10.4. The lowest BCUT2D eigenvalue weighted by atomic mass is 9.89. The molecule has 2 heterocycles. The van der Waals surface area contributed by atoms with Crippen molar-refractivity contribution in [3.63, 3.8) is 0 Å². The summed E-state index contributed by atoms with van der Waals surface area (Å²) in [5, 5.41) is 1.90. The number of ether oxygens (including phenoxy) is 1. The van der Waals surface area contributed by atoms with E-state index in [0.717, 1.165) is 28.4 Å². The monoisotopic (exact) mass is 384 g/mol. The molecule has 1 aliphatic carbocycles. The number of carbonyl (C=O) groups is 1. The van der Waals surface area contributed by atoms with Gasteiger partial charge >= 0.3 is 5.97 Å². The van der Waals surface area contributed by atoms with Crippen LogP contribution in [-0.4, -0.2) is 15.5 Å². The van der Waals surface area contributed by atoms with Gasteiger partial charge in [0.15, 0.2) is 0 Å². The highest BCUT2D eigenvalue weighted by Crippen LogP contribution is 2.29. The predicted octanol–water partition coefficient (Wildman–Crippen LogP) is 5.99. The van der Waals surface area contributed by atoms with Gasteiger partial charge in [-0.3, -0.25) is 4.98 Å². The Morgan fingerprint density at radius 1 is 1.03 bits per heavy atom. The van der Waals surface area contributed by atoms with Crippen LogP contribution in [0.15, 0.2) is 67.0 Å². The third-order valence-electron chi connectivity index (χ3n) is 5.96. The number of carbonyl (C=O) groups excluding carboxylic acids is 1. The van der Waals surface area contributed by atoms with E-state index in [0.29, 0.717) is 17.2 Å². The first kappa shape index (κ1) is 17.9. The fourth-order valence-electron chi connectivity index (χ4n) is 4.48. The highest BCUT2D eigenvalue weighted by Gasteiger charge is 2.20. The summed E-state index contributed by atoms with van der Waals surface area (Å²) in [4.78, 5) is 17.4. The van der Waals surface area contributed by atoms with Crippen LogP contribution in [0.5, 0.6) is 5.75 Å². The summed E-state index contributed by atoms with van der Waals surface area (Å²) in [7, 11) is 0. The first-order chi connectivity index (χ1) is 14.3. The minimum Gasteiger partial charge on any atom is -0.421 e. The van der Waals surface area contributed by atoms with Crippen LogP contribution in [-0.2, 0) is 6.54 Å². The number of para-hydroxylation sites is 2. The Hall–Kier alpha value is -3.14. The number of benzene rings is 2. The molecule has 0 N–H and O–H groups in total. The zero-order chi connectivity index (χ0) is 19.6. The number of pyridine rings is 1. The van der Waals surface area contributed by atoms with Crippen LogP contribution >= 0.6 is 0 Å². The van der Waals surface area contributed by atoms with Gasteiger partial charge in [0.1, 0.15) is 5.75 Å². The molecule has 0 amide bonds. The second-order valence-electron chi connectivity index (χ2n) is 7.97. The smallest absolute Gasteiger partial charge is 0.345 e. The molecule has 2 aromatic carbocycles. The minimum atomic E-state index is -0.333. The summed E-state index contributed by atoms with van der Waals surface area (Å²) in [6, 6.07) is 17.8. The number of aromatic nitrogens is 2. The number of hydrogen-bond donors (Lipinski definition) is 0. The van der Waals surface area contributed by atoms with Gasteiger partial charge in [0.05, 0.1) is 17.3 Å². The van der Waals surface area contributed by atoms with Crippen molar-refractivity contribution in [2.75, 3.05) is 0 Å². The van der Waals surface area contributed by atoms with Gasteiger partial charge in [-0.15, -0.1) is 0 Å². The number of fused-ring (bicyclic) bond motifs is 2. The predicted molar refractivity (Wildman–Crippen MR) is 115 cm³/mol. The molecule has 146 valence electrons. The molecule has 0 atom stereocenters. The van der Waals surface area contributed by atoms with Crippen molar-refractivity contribution in [1.82, 2.24) is 9.55 Å². The van der Waals surface area contributed by atoms with Crippen molar-refractivity contribution in [2.24, 2.45) is 5.92 Å². The van der Waals surface area contributed by atoms with Gasteiger partial charge < -0.3 is 9.30 Å². The first-order valence-electron chi connectivity index (χ1n) is 10.4. The normalized spacial score (nSPS) is 15.0. The molecule has 1 saturated carbocycles. The Kier molecular flexibility index (Phi) is 4.76. The van der Waals surface area contributed by atoms with Gasteiger partial charge in [-0.05, 0) is 37.0 Å². The molecule has 1 aliphatic rings. The molecule has 0 aliphatic heterocycles. The summed E-state index contributed by atoms with van der Waals surface area (Å²) in [5.41, 5.74) is 2.60. The highest BCUT2D eigenvalue weighted by molar-refractivity contribution is 6.05. The topological polar surface area (TPSA) is 44.1 Å². The van der Waals surface area contributed by atoms with Gasteiger partial charge in [-0.1, -0.05) is 55.7 Å². The fraction of sp³-hybridized carbons (Fsp3) is 0.280. The summed E-state index contributed by atoms with van der Waals surface area (Å²) in [5.74, 6) is 0.826. The van der Waals surface area contributed by atoms with Crippen LogP contribution in [0.2, 0.25) is 0 Å². The lowest BCUT2D eigenvalue weighted by Crippen LogP contribution is -2.13. The number of esters is 1. The number of nitrogens with zero attached hydrogens (tertiary/aromatic N) is 2. The Bertz CT molecular complexity index is 1170. The van der Waals surface area contributed by atoms with Crippen molar-refractivity contribution < 1.29 is 9.53 Å². The minimum absolute atomic E-state index is 0.333. The third-order valence-corrected chi connectivity index (χ3v) is 5.96. The van der Waals surface area contributed by atoms with E-state index in [-0.39, 0.29) is 5.97 Å². The molecule has 5 rings (SSSR count). The van der Waals surface area contributed by atoms with Crippen molar-refractivity contribution in [3.8, 4) is 5.75 Å². The molecule has 0 unspecified atom stereocenters. The van der Waals surface area contributed by atoms with Crippen molar-refractivity contribution >= 4 is 27.8 Å². The average molecular weight is 384 g/mol. The molecule has 4 nitrogen and oxygen atoms in total. The number of rotatable bonds is 4. The Balaban J connectivity index is 1.44. The lowest BCUT2D eigenvalue weighted by Gasteiger charge is -2.22. The van der Waals surface area contributed by atoms with Gasteiger partial charge in [0.2, 0.25) is 0 Å². The van der Waals surface area contributed by atoms with Crippen molar-refractivity contribution in [3.05, 3.63) is 72.6 Å². The lowest BCUT2D eigenvalue weighted by molar-refractivity contribution is 0.0736. The second-order valence-corrected chi connectivity index (χ2v) is 7.97. The van der Waals surface area contributed by atoms with E-state index in [4.69, 9.17) is 4.74 Å². The molecule has 4 heteroatoms. The average Bonchev–Trinajstić information content (AvgIpc) is 3.13. The van der Waals surface area contributed by atoms with Crippen LogP contribution in [0, 0.1) is 5.92 Å². The third kappa shape index (κ3) is 3.63. The van der Waals surface area contributed by atoms with E-state index in [1.54, 1.807) is 6.20 Å². The van der Waals surface area contributed by atoms with E-state index < -0.39 is 0 Å². The van der Waals surface area contributed by atoms with E-state index >= 15 is 0 Å². The molecular formula is C25H24N2O2. The van der Waals surface area contributed by atoms with E-state index in [9.17, 15) is 4.79 Å². The van der Waals surface area contributed by atoms with Gasteiger partial charge in [-0.2, -0.15) is 0 Å². The molecule has 29 heavy (non-hydrogen) atoms. The van der Waals surface area contributed by atoms with Crippen LogP contribution in [0.3, 0.4) is 0 Å². The molecule has 0 bridgehead atoms. The highest BCUT2D eigenvalue weighted by atomic mass is 16.5. The molecule has 0 saturated heterocycles. The maximum absolute atomic E-state index is 13.0. The Morgan fingerprint density at radius 2 is 1.83 bits per heavy atom. The van der Waals surface area contributed by atoms with Gasteiger partial charge in [0, 0.05) is 29.0 Å². The van der Waals surface area contributed by atoms with Crippen molar-refractivity contribution in [2.45, 2.75) is 38.6 Å². The fourth-order valence-corrected chi connectivity index (χ4v) is 4.48. The van der Waals surface area contributed by atoms with Crippen LogP contribution in [0.1, 0.15) is 42.5 Å². The van der Waals surface area contributed by atoms with Crippen LogP contribution in [0.4, 0.5) is 0 Å². The van der Waals surface area contributed by atoms with Crippen LogP contribution in [0.25, 0.3) is 21.8 Å². The molecule has 2 aromatic heterocycles. The zero-order valence-electron chi connectivity index (χ0n) is 16.4. The molecule has 4 aromatic rings. The summed E-state index contributed by atoms with van der Waals surface area (Å²) in [6.07, 6.45) is 10.1. The summed E-state index contributed by atoms with van der Waals surface area (Å²) in [6.45, 7) is 0.964. The van der Waals surface area contributed by atoms with Gasteiger partial charge in [-0.25, -0.2) is 4.79 Å². The molecule has 0 spiro atoms. The summed E-state index contributed by atoms with van der Waals surface area (Å²) < 4.78 is 7.94. The zero-order valence-corrected chi connectivity index (χ0v) is 16.4. The molecule has 1 fully saturated rings. The quantitative estimate of drug-likeness (QED) is 0.406. The van der Waals surface area contributed by atoms with E-state index in [1.165, 1.54) is 32.1 Å². The Morgan fingerprint density at radius 3 is 2.72 bits per heavy atom. The van der Waals surface area contributed by atoms with E-state index in [1.807, 2.05) is 54.7 Å². The standard InChI is InChI=1S/C25H24N2O2/c28-25(29-20-14-19-10-4-6-12-23(19)26-15-20)22-17-27(16-18-8-2-1-3-9-18)24-13-7-5-11-21(22)24/h4-7,10-15,17-18H,1-3,8-9,16H2. The van der Waals surface area contributed by atoms with Crippen molar-refractivity contribution in [1.29, 1.82) is 0 Å². The second kappa shape index (κ2) is 7.70. The molecule has 0 radical (unpaired) electrons. The molecular weight excluding hydrogens is 360 g/mol. The summed E-state index contributed by atoms with van der Waals surface area (Å²) >= 11 is 0. The Labute approximate surface area is 170 Å². The largest absolute Gasteiger partial charge is 0.421 e. The maximum Gasteiger partial charge on any atom is 0.345 e. The van der Waals surface area contributed by atoms with Gasteiger partial charge in [0.25, 0.3) is 0 Å². The number of hydrogen-bond acceptors (Lipinski definition) is 3.